The van der Waals surface area contributed by atoms with E-state index in [1.165, 1.54) is 0 Å². The van der Waals surface area contributed by atoms with Crippen molar-refractivity contribution >= 4 is 22.9 Å². The van der Waals surface area contributed by atoms with Crippen molar-refractivity contribution in [3.05, 3.63) is 21.3 Å². The Morgan fingerprint density at radius 1 is 1.40 bits per heavy atom. The fraction of sp³-hybridized carbons (Fsp3) is 0.714. The Hall–Kier alpha value is -0.170. The molecule has 2 aliphatic rings. The van der Waals surface area contributed by atoms with Crippen molar-refractivity contribution in [1.82, 2.24) is 5.43 Å². The zero-order valence-corrected chi connectivity index (χ0v) is 13.0. The summed E-state index contributed by atoms with van der Waals surface area (Å²) in [4.78, 5) is 1.14. The summed E-state index contributed by atoms with van der Waals surface area (Å²) in [6.07, 6.45) is 4.02. The number of ether oxygens (including phenoxy) is 2. The molecule has 6 heteroatoms. The van der Waals surface area contributed by atoms with E-state index in [4.69, 9.17) is 26.9 Å². The van der Waals surface area contributed by atoms with E-state index >= 15 is 0 Å². The number of thiophene rings is 1. The molecule has 2 aliphatic heterocycles. The monoisotopic (exact) mass is 316 g/mol. The van der Waals surface area contributed by atoms with Crippen LogP contribution in [0.2, 0.25) is 5.02 Å². The van der Waals surface area contributed by atoms with E-state index in [1.807, 2.05) is 11.4 Å². The van der Waals surface area contributed by atoms with Crippen LogP contribution >= 0.6 is 22.9 Å². The van der Waals surface area contributed by atoms with Crippen LogP contribution in [0.5, 0.6) is 0 Å². The average molecular weight is 317 g/mol. The van der Waals surface area contributed by atoms with Gasteiger partial charge in [-0.05, 0) is 43.0 Å². The minimum absolute atomic E-state index is 0.0139. The van der Waals surface area contributed by atoms with Gasteiger partial charge < -0.3 is 9.47 Å². The molecule has 1 aromatic rings. The molecule has 0 bridgehead atoms. The Labute approximate surface area is 128 Å². The molecule has 3 rings (SSSR count). The molecule has 0 aliphatic carbocycles. The lowest BCUT2D eigenvalue weighted by Crippen LogP contribution is -2.47. The highest BCUT2D eigenvalue weighted by atomic mass is 35.5. The molecular weight excluding hydrogens is 296 g/mol. The molecule has 2 atom stereocenters. The summed E-state index contributed by atoms with van der Waals surface area (Å²) in [6.45, 7) is 2.40. The maximum Gasteiger partial charge on any atom is 0.0729 e. The van der Waals surface area contributed by atoms with E-state index in [-0.39, 0.29) is 11.6 Å². The number of hydrogen-bond donors (Lipinski definition) is 2. The van der Waals surface area contributed by atoms with Gasteiger partial charge in [-0.2, -0.15) is 0 Å². The number of hydrogen-bond acceptors (Lipinski definition) is 5. The highest BCUT2D eigenvalue weighted by Gasteiger charge is 2.41. The summed E-state index contributed by atoms with van der Waals surface area (Å²) in [6, 6.07) is 2.06. The zero-order valence-electron chi connectivity index (χ0n) is 11.4. The van der Waals surface area contributed by atoms with Gasteiger partial charge in [0, 0.05) is 24.7 Å². The highest BCUT2D eigenvalue weighted by Crippen LogP contribution is 2.43. The van der Waals surface area contributed by atoms with Gasteiger partial charge in [-0.15, -0.1) is 11.3 Å². The molecule has 0 aromatic carbocycles. The molecule has 2 fully saturated rings. The van der Waals surface area contributed by atoms with E-state index in [1.54, 1.807) is 11.3 Å². The largest absolute Gasteiger partial charge is 0.381 e. The molecule has 1 aromatic heterocycles. The number of hydrazine groups is 1. The van der Waals surface area contributed by atoms with Gasteiger partial charge >= 0.3 is 0 Å². The molecule has 0 radical (unpaired) electrons. The third-order valence-electron chi connectivity index (χ3n) is 4.51. The van der Waals surface area contributed by atoms with E-state index in [2.05, 4.69) is 5.43 Å². The molecule has 0 saturated carbocycles. The Morgan fingerprint density at radius 2 is 2.20 bits per heavy atom. The van der Waals surface area contributed by atoms with Crippen LogP contribution in [0.3, 0.4) is 0 Å². The topological polar surface area (TPSA) is 56.5 Å². The first-order chi connectivity index (χ1) is 9.74. The Morgan fingerprint density at radius 3 is 2.85 bits per heavy atom. The third-order valence-corrected chi connectivity index (χ3v) is 5.95. The smallest absolute Gasteiger partial charge is 0.0729 e. The second-order valence-corrected chi connectivity index (χ2v) is 7.03. The van der Waals surface area contributed by atoms with Gasteiger partial charge in [-0.25, -0.2) is 0 Å². The summed E-state index contributed by atoms with van der Waals surface area (Å²) in [5.74, 6) is 6.28. The lowest BCUT2D eigenvalue weighted by molar-refractivity contribution is -0.150. The molecule has 20 heavy (non-hydrogen) atoms. The van der Waals surface area contributed by atoms with Gasteiger partial charge in [-0.1, -0.05) is 11.6 Å². The lowest BCUT2D eigenvalue weighted by atomic mass is 9.77. The van der Waals surface area contributed by atoms with Crippen molar-refractivity contribution in [1.29, 1.82) is 0 Å². The van der Waals surface area contributed by atoms with Crippen LogP contribution in [0.4, 0.5) is 0 Å². The molecule has 3 heterocycles. The summed E-state index contributed by atoms with van der Waals surface area (Å²) >= 11 is 7.94. The second kappa shape index (κ2) is 6.30. The Bertz CT molecular complexity index is 443. The predicted molar refractivity (Wildman–Crippen MR) is 80.9 cm³/mol. The van der Waals surface area contributed by atoms with Crippen LogP contribution in [0.1, 0.15) is 36.6 Å². The molecule has 1 spiro atoms. The molecule has 112 valence electrons. The summed E-state index contributed by atoms with van der Waals surface area (Å²) < 4.78 is 11.6. The van der Waals surface area contributed by atoms with Crippen LogP contribution in [0.25, 0.3) is 0 Å². The maximum atomic E-state index is 6.27. The first kappa shape index (κ1) is 14.8. The summed E-state index contributed by atoms with van der Waals surface area (Å²) in [7, 11) is 0. The number of nitrogens with two attached hydrogens (primary N) is 1. The molecule has 0 amide bonds. The van der Waals surface area contributed by atoms with E-state index in [9.17, 15) is 0 Å². The quantitative estimate of drug-likeness (QED) is 0.665. The highest BCUT2D eigenvalue weighted by molar-refractivity contribution is 7.10. The van der Waals surface area contributed by atoms with E-state index < -0.39 is 0 Å². The van der Waals surface area contributed by atoms with Crippen molar-refractivity contribution in [3.8, 4) is 0 Å². The minimum atomic E-state index is -0.0139. The van der Waals surface area contributed by atoms with Crippen molar-refractivity contribution < 1.29 is 9.47 Å². The van der Waals surface area contributed by atoms with Crippen LogP contribution < -0.4 is 11.3 Å². The van der Waals surface area contributed by atoms with Gasteiger partial charge in [0.15, 0.2) is 0 Å². The maximum absolute atomic E-state index is 6.27. The van der Waals surface area contributed by atoms with Crippen molar-refractivity contribution in [2.24, 2.45) is 11.8 Å². The van der Waals surface area contributed by atoms with Crippen LogP contribution in [-0.4, -0.2) is 25.4 Å². The normalized spacial score (nSPS) is 27.6. The van der Waals surface area contributed by atoms with E-state index in [0.29, 0.717) is 5.92 Å². The van der Waals surface area contributed by atoms with Crippen LogP contribution in [0.15, 0.2) is 11.4 Å². The van der Waals surface area contributed by atoms with Gasteiger partial charge in [-0.3, -0.25) is 11.3 Å². The first-order valence-corrected chi connectivity index (χ1v) is 8.41. The fourth-order valence-corrected chi connectivity index (χ4v) is 4.72. The molecule has 2 saturated heterocycles. The van der Waals surface area contributed by atoms with Crippen molar-refractivity contribution in [2.45, 2.75) is 37.3 Å². The SMILES string of the molecule is NNC(c1sccc1Cl)C1CCOC2(CCOCC2)C1. The Balaban J connectivity index is 1.76. The minimum Gasteiger partial charge on any atom is -0.381 e. The number of halogens is 1. The molecule has 4 nitrogen and oxygen atoms in total. The molecule has 3 N–H and O–H groups in total. The first-order valence-electron chi connectivity index (χ1n) is 7.15. The van der Waals surface area contributed by atoms with Crippen molar-refractivity contribution in [2.75, 3.05) is 19.8 Å². The standard InChI is InChI=1S/C14H21ClN2O2S/c15-11-2-8-20-13(11)12(17-16)10-1-5-19-14(9-10)3-6-18-7-4-14/h2,8,10,12,17H,1,3-7,9,16H2. The van der Waals surface area contributed by atoms with Crippen molar-refractivity contribution in [3.63, 3.8) is 0 Å². The zero-order chi connectivity index (χ0) is 14.0. The second-order valence-electron chi connectivity index (χ2n) is 5.67. The number of nitrogens with one attached hydrogen (secondary N) is 1. The molecule has 2 unspecified atom stereocenters. The third kappa shape index (κ3) is 2.89. The van der Waals surface area contributed by atoms with Gasteiger partial charge in [0.05, 0.1) is 16.7 Å². The van der Waals surface area contributed by atoms with E-state index in [0.717, 1.165) is 55.4 Å². The Kier molecular flexibility index (Phi) is 4.65. The fourth-order valence-electron chi connectivity index (χ4n) is 3.40. The van der Waals surface area contributed by atoms with Gasteiger partial charge in [0.2, 0.25) is 0 Å². The van der Waals surface area contributed by atoms with Crippen LogP contribution in [-0.2, 0) is 9.47 Å². The van der Waals surface area contributed by atoms with Gasteiger partial charge in [0.25, 0.3) is 0 Å². The predicted octanol–water partition coefficient (Wildman–Crippen LogP) is 2.88. The summed E-state index contributed by atoms with van der Waals surface area (Å²) in [5.41, 5.74) is 2.96. The molecular formula is C14H21ClN2O2S. The summed E-state index contributed by atoms with van der Waals surface area (Å²) in [5, 5.41) is 2.83. The lowest BCUT2D eigenvalue weighted by Gasteiger charge is -2.45. The average Bonchev–Trinajstić information content (AvgIpc) is 2.87. The van der Waals surface area contributed by atoms with Gasteiger partial charge in [0.1, 0.15) is 0 Å². The van der Waals surface area contributed by atoms with Crippen LogP contribution in [0, 0.1) is 5.92 Å². The number of rotatable bonds is 3.